The second kappa shape index (κ2) is 18.3. The zero-order valence-corrected chi connectivity index (χ0v) is 26.2. The van der Waals surface area contributed by atoms with Gasteiger partial charge in [0, 0.05) is 17.2 Å². The largest absolute Gasteiger partial charge is 0.489 e. The number of nitrogens with zero attached hydrogens (tertiary/aromatic N) is 1. The first-order valence-corrected chi connectivity index (χ1v) is 14.9. The van der Waals surface area contributed by atoms with Gasteiger partial charge in [0.25, 0.3) is 0 Å². The van der Waals surface area contributed by atoms with E-state index in [0.717, 1.165) is 30.5 Å². The zero-order valence-electron chi connectivity index (χ0n) is 26.2. The Labute approximate surface area is 270 Å². The van der Waals surface area contributed by atoms with Crippen LogP contribution in [-0.2, 0) is 27.5 Å². The lowest BCUT2D eigenvalue weighted by Crippen LogP contribution is -2.30. The van der Waals surface area contributed by atoms with Gasteiger partial charge >= 0.3 is 12.6 Å². The second-order valence-electron chi connectivity index (χ2n) is 10.0. The van der Waals surface area contributed by atoms with Crippen molar-refractivity contribution in [1.29, 1.82) is 0 Å². The van der Waals surface area contributed by atoms with Gasteiger partial charge in [-0.1, -0.05) is 50.2 Å². The summed E-state index contributed by atoms with van der Waals surface area (Å²) in [6.45, 7) is 3.61. The summed E-state index contributed by atoms with van der Waals surface area (Å²) >= 11 is 0. The summed E-state index contributed by atoms with van der Waals surface area (Å²) in [5.41, 5.74) is 7.50. The van der Waals surface area contributed by atoms with Crippen LogP contribution in [0.15, 0.2) is 71.1 Å². The molecule has 9 nitrogen and oxygen atoms in total. The molecule has 1 unspecified atom stereocenters. The van der Waals surface area contributed by atoms with Gasteiger partial charge in [0.05, 0.1) is 18.8 Å². The van der Waals surface area contributed by atoms with Crippen LogP contribution in [0.2, 0.25) is 0 Å². The summed E-state index contributed by atoms with van der Waals surface area (Å²) in [5, 5.41) is 2.18. The maximum Gasteiger partial charge on any atom is 0.387 e. The first-order valence-electron chi connectivity index (χ1n) is 14.9. The molecule has 0 aliphatic heterocycles. The first kappa shape index (κ1) is 36.6. The molecule has 13 heteroatoms. The number of aryl methyl sites for hydroxylation is 1. The third-order valence-corrected chi connectivity index (χ3v) is 6.62. The molecule has 47 heavy (non-hydrogen) atoms. The number of rotatable bonds is 13. The quantitative estimate of drug-likeness (QED) is 0.0891. The van der Waals surface area contributed by atoms with Gasteiger partial charge in [-0.05, 0) is 55.5 Å². The van der Waals surface area contributed by atoms with Crippen LogP contribution in [0.5, 0.6) is 11.5 Å². The molecule has 1 aliphatic carbocycles. The van der Waals surface area contributed by atoms with Crippen molar-refractivity contribution in [2.45, 2.75) is 59.4 Å². The summed E-state index contributed by atoms with van der Waals surface area (Å²) in [6, 6.07) is 14.9. The molecule has 0 bridgehead atoms. The van der Waals surface area contributed by atoms with E-state index in [-0.39, 0.29) is 36.6 Å². The van der Waals surface area contributed by atoms with Crippen LogP contribution in [0, 0.1) is 24.5 Å². The van der Waals surface area contributed by atoms with E-state index in [1.54, 1.807) is 43.3 Å². The second-order valence-corrected chi connectivity index (χ2v) is 10.0. The summed E-state index contributed by atoms with van der Waals surface area (Å²) in [4.78, 5) is 27.0. The van der Waals surface area contributed by atoms with E-state index in [9.17, 15) is 27.2 Å². The van der Waals surface area contributed by atoms with Gasteiger partial charge in [0.1, 0.15) is 24.0 Å². The Hall–Kier alpha value is -4.91. The number of nitrogens with one attached hydrogen (secondary N) is 1. The van der Waals surface area contributed by atoms with Crippen molar-refractivity contribution in [3.05, 3.63) is 101 Å². The van der Waals surface area contributed by atoms with E-state index in [4.69, 9.17) is 19.6 Å². The van der Waals surface area contributed by atoms with Crippen LogP contribution in [0.3, 0.4) is 0 Å². The smallest absolute Gasteiger partial charge is 0.387 e. The number of alkyl halides is 2. The van der Waals surface area contributed by atoms with E-state index >= 15 is 0 Å². The lowest BCUT2D eigenvalue weighted by atomic mass is 10.1. The number of nitrogens with two attached hydrogens (primary N) is 1. The molecule has 1 aliphatic rings. The molecule has 1 fully saturated rings. The molecule has 3 N–H and O–H groups in total. The van der Waals surface area contributed by atoms with Crippen LogP contribution < -0.4 is 20.5 Å². The minimum absolute atomic E-state index is 0.00623. The summed E-state index contributed by atoms with van der Waals surface area (Å²) in [5.74, 6) is -0.810. The highest BCUT2D eigenvalue weighted by Crippen LogP contribution is 2.36. The Bertz CT molecular complexity index is 1580. The number of carbonyl (C=O) groups is 2. The lowest BCUT2D eigenvalue weighted by Gasteiger charge is -2.16. The van der Waals surface area contributed by atoms with Gasteiger partial charge in [-0.15, -0.1) is 0 Å². The van der Waals surface area contributed by atoms with Crippen molar-refractivity contribution >= 4 is 12.4 Å². The van der Waals surface area contributed by atoms with Crippen molar-refractivity contribution < 1.29 is 45.8 Å². The summed E-state index contributed by atoms with van der Waals surface area (Å²) in [6.07, 6.45) is 2.46. The Morgan fingerprint density at radius 2 is 1.79 bits per heavy atom. The van der Waals surface area contributed by atoms with Crippen molar-refractivity contribution in [2.75, 3.05) is 6.61 Å². The Morgan fingerprint density at radius 1 is 1.06 bits per heavy atom. The van der Waals surface area contributed by atoms with Gasteiger partial charge in [0.2, 0.25) is 12.3 Å². The average molecular weight is 660 g/mol. The Kier molecular flexibility index (Phi) is 14.2. The Balaban J connectivity index is 0.000000243. The predicted molar refractivity (Wildman–Crippen MR) is 165 cm³/mol. The van der Waals surface area contributed by atoms with Crippen molar-refractivity contribution in [3.8, 4) is 23.0 Å². The van der Waals surface area contributed by atoms with E-state index in [2.05, 4.69) is 15.0 Å². The van der Waals surface area contributed by atoms with Gasteiger partial charge in [-0.25, -0.2) is 18.6 Å². The molecular weight excluding hydrogens is 622 g/mol. The third-order valence-electron chi connectivity index (χ3n) is 6.62. The molecule has 252 valence electrons. The topological polar surface area (TPSA) is 126 Å². The van der Waals surface area contributed by atoms with Crippen LogP contribution in [-0.4, -0.2) is 30.6 Å². The van der Waals surface area contributed by atoms with E-state index in [1.807, 2.05) is 19.9 Å². The number of halogens is 4. The molecule has 1 saturated carbocycles. The fraction of sp³-hybridized carbons (Fsp3) is 0.324. The minimum Gasteiger partial charge on any atom is -0.489 e. The lowest BCUT2D eigenvalue weighted by molar-refractivity contribution is -0.148. The molecule has 4 aromatic rings. The van der Waals surface area contributed by atoms with Crippen LogP contribution in [0.1, 0.15) is 55.3 Å². The maximum absolute atomic E-state index is 13.7. The molecule has 3 aromatic carbocycles. The van der Waals surface area contributed by atoms with E-state index in [1.165, 1.54) is 6.07 Å². The molecule has 1 aromatic heterocycles. The highest BCUT2D eigenvalue weighted by molar-refractivity contribution is 5.80. The van der Waals surface area contributed by atoms with Crippen LogP contribution in [0.4, 0.5) is 17.6 Å². The maximum atomic E-state index is 13.7. The number of carbonyl (C=O) groups excluding carboxylic acids is 2. The number of amides is 1. The molecule has 1 heterocycles. The monoisotopic (exact) mass is 659 g/mol. The molecule has 0 radical (unpaired) electrons. The summed E-state index contributed by atoms with van der Waals surface area (Å²) in [7, 11) is 0. The standard InChI is InChI=1S/C16H18F2N2O3.C16H13F2NO3.C2H6/c1-9-14(7-19)22-15(20-9)11-4-5-12(23-16(17)18)13(6-11)21-8-10-2-3-10;17-12-6-7-13(14(18)8-12)15(19-10-20)16(21)22-9-11-4-2-1-3-5-11;1-2/h4-6,10,16H,2-3,7-8,19H2,1H3;1-8,10,15H,9H2,(H,19,20);1-2H3. The SMILES string of the molecule is CC.Cc1nc(-c2ccc(OC(F)F)c(OCC3CC3)c2)oc1CN.O=CNC(C(=O)OCc1ccccc1)c1ccc(F)cc1F. The Morgan fingerprint density at radius 3 is 2.38 bits per heavy atom. The molecule has 5 rings (SSSR count). The number of hydrogen-bond donors (Lipinski definition) is 2. The zero-order chi connectivity index (χ0) is 34.3. The number of oxazole rings is 1. The van der Waals surface area contributed by atoms with Gasteiger partial charge in [0.15, 0.2) is 17.5 Å². The van der Waals surface area contributed by atoms with E-state index in [0.29, 0.717) is 41.5 Å². The third kappa shape index (κ3) is 11.1. The van der Waals surface area contributed by atoms with Gasteiger partial charge in [-0.3, -0.25) is 4.79 Å². The van der Waals surface area contributed by atoms with Gasteiger partial charge < -0.3 is 29.7 Å². The highest BCUT2D eigenvalue weighted by atomic mass is 19.3. The first-order chi connectivity index (χ1) is 22.7. The van der Waals surface area contributed by atoms with E-state index < -0.39 is 30.3 Å². The van der Waals surface area contributed by atoms with Crippen LogP contribution in [0.25, 0.3) is 11.5 Å². The average Bonchev–Trinajstić information content (AvgIpc) is 3.83. The number of aromatic nitrogens is 1. The summed E-state index contributed by atoms with van der Waals surface area (Å²) < 4.78 is 72.5. The molecular formula is C34H37F4N3O6. The van der Waals surface area contributed by atoms with Crippen molar-refractivity contribution in [2.24, 2.45) is 11.7 Å². The molecule has 0 spiro atoms. The molecule has 0 saturated heterocycles. The predicted octanol–water partition coefficient (Wildman–Crippen LogP) is 7.02. The van der Waals surface area contributed by atoms with Crippen molar-refractivity contribution in [3.63, 3.8) is 0 Å². The number of esters is 1. The number of hydrogen-bond acceptors (Lipinski definition) is 8. The fourth-order valence-electron chi connectivity index (χ4n) is 4.08. The van der Waals surface area contributed by atoms with Crippen LogP contribution >= 0.6 is 0 Å². The fourth-order valence-corrected chi connectivity index (χ4v) is 4.08. The van der Waals surface area contributed by atoms with Crippen molar-refractivity contribution in [1.82, 2.24) is 10.3 Å². The highest BCUT2D eigenvalue weighted by Gasteiger charge is 2.25. The minimum atomic E-state index is -2.91. The molecule has 1 amide bonds. The normalized spacial score (nSPS) is 12.5. The number of benzene rings is 3. The molecule has 1 atom stereocenters. The van der Waals surface area contributed by atoms with Gasteiger partial charge in [-0.2, -0.15) is 8.78 Å². The number of ether oxygens (including phenoxy) is 3.